The van der Waals surface area contributed by atoms with Crippen LogP contribution in [-0.4, -0.2) is 0 Å². The van der Waals surface area contributed by atoms with Gasteiger partial charge in [-0.25, -0.2) is 0 Å². The highest BCUT2D eigenvalue weighted by Crippen LogP contribution is 2.44. The topological polar surface area (TPSA) is 0 Å². The van der Waals surface area contributed by atoms with Crippen molar-refractivity contribution >= 4 is 0 Å². The third-order valence-corrected chi connectivity index (χ3v) is 6.52. The molecule has 0 heteroatoms. The van der Waals surface area contributed by atoms with Crippen LogP contribution in [0, 0.1) is 23.7 Å². The summed E-state index contributed by atoms with van der Waals surface area (Å²) in [5.74, 6) is 3.33. The van der Waals surface area contributed by atoms with Gasteiger partial charge in [-0.3, -0.25) is 0 Å². The molecular formula is C22H30. The van der Waals surface area contributed by atoms with Gasteiger partial charge in [0, 0.05) is 0 Å². The van der Waals surface area contributed by atoms with Crippen LogP contribution in [0.3, 0.4) is 0 Å². The SMILES string of the molecule is CC1CCC2=C(C1)C(CCC1C=CC3=C1CC(C)CC3)C=C2. The van der Waals surface area contributed by atoms with E-state index in [9.17, 15) is 0 Å². The summed E-state index contributed by atoms with van der Waals surface area (Å²) in [4.78, 5) is 0. The second-order valence-electron chi connectivity index (χ2n) is 8.31. The average molecular weight is 294 g/mol. The molecule has 0 heterocycles. The van der Waals surface area contributed by atoms with Crippen molar-refractivity contribution < 1.29 is 0 Å². The van der Waals surface area contributed by atoms with Crippen molar-refractivity contribution in [2.24, 2.45) is 23.7 Å². The first kappa shape index (κ1) is 14.5. The van der Waals surface area contributed by atoms with Crippen LogP contribution in [0.1, 0.15) is 65.2 Å². The average Bonchev–Trinajstić information content (AvgIpc) is 3.08. The molecule has 0 fully saturated rings. The highest BCUT2D eigenvalue weighted by atomic mass is 14.3. The number of hydrogen-bond donors (Lipinski definition) is 0. The van der Waals surface area contributed by atoms with Crippen molar-refractivity contribution in [3.63, 3.8) is 0 Å². The minimum atomic E-state index is 0.761. The Hall–Kier alpha value is -1.04. The molecule has 0 nitrogen and oxygen atoms in total. The van der Waals surface area contributed by atoms with E-state index in [2.05, 4.69) is 38.2 Å². The second kappa shape index (κ2) is 5.87. The molecule has 0 N–H and O–H groups in total. The van der Waals surface area contributed by atoms with Gasteiger partial charge in [0.15, 0.2) is 0 Å². The van der Waals surface area contributed by atoms with Gasteiger partial charge in [0.05, 0.1) is 0 Å². The first-order valence-electron chi connectivity index (χ1n) is 9.51. The van der Waals surface area contributed by atoms with Crippen molar-refractivity contribution in [3.8, 4) is 0 Å². The molecule has 0 bridgehead atoms. The van der Waals surface area contributed by atoms with E-state index in [0.29, 0.717) is 0 Å². The quantitative estimate of drug-likeness (QED) is 0.567. The normalized spacial score (nSPS) is 37.0. The monoisotopic (exact) mass is 294 g/mol. The Morgan fingerprint density at radius 2 is 1.23 bits per heavy atom. The molecule has 0 aromatic rings. The second-order valence-corrected chi connectivity index (χ2v) is 8.31. The Morgan fingerprint density at radius 1 is 0.773 bits per heavy atom. The van der Waals surface area contributed by atoms with Gasteiger partial charge >= 0.3 is 0 Å². The molecule has 0 aliphatic heterocycles. The maximum absolute atomic E-state index is 2.51. The molecule has 22 heavy (non-hydrogen) atoms. The lowest BCUT2D eigenvalue weighted by Crippen LogP contribution is -2.13. The fraction of sp³-hybridized carbons (Fsp3) is 0.636. The van der Waals surface area contributed by atoms with E-state index >= 15 is 0 Å². The minimum absolute atomic E-state index is 0.761. The van der Waals surface area contributed by atoms with Gasteiger partial charge in [0.2, 0.25) is 0 Å². The summed E-state index contributed by atoms with van der Waals surface area (Å²) < 4.78 is 0. The summed E-state index contributed by atoms with van der Waals surface area (Å²) in [6, 6.07) is 0. The molecule has 4 unspecified atom stereocenters. The van der Waals surface area contributed by atoms with E-state index in [-0.39, 0.29) is 0 Å². The van der Waals surface area contributed by atoms with Crippen molar-refractivity contribution in [3.05, 3.63) is 46.6 Å². The molecule has 4 atom stereocenters. The zero-order valence-corrected chi connectivity index (χ0v) is 14.3. The molecule has 0 saturated carbocycles. The van der Waals surface area contributed by atoms with Crippen LogP contribution >= 0.6 is 0 Å². The summed E-state index contributed by atoms with van der Waals surface area (Å²) in [5, 5.41) is 0. The molecule has 4 aliphatic carbocycles. The third kappa shape index (κ3) is 2.66. The predicted molar refractivity (Wildman–Crippen MR) is 94.6 cm³/mol. The lowest BCUT2D eigenvalue weighted by Gasteiger charge is -2.27. The van der Waals surface area contributed by atoms with Gasteiger partial charge in [-0.15, -0.1) is 0 Å². The van der Waals surface area contributed by atoms with Gasteiger partial charge in [-0.1, -0.05) is 49.3 Å². The van der Waals surface area contributed by atoms with Crippen LogP contribution < -0.4 is 0 Å². The zero-order valence-electron chi connectivity index (χ0n) is 14.3. The van der Waals surface area contributed by atoms with E-state index in [4.69, 9.17) is 0 Å². The third-order valence-electron chi connectivity index (χ3n) is 6.52. The zero-order chi connectivity index (χ0) is 15.1. The van der Waals surface area contributed by atoms with Crippen LogP contribution in [-0.2, 0) is 0 Å². The number of hydrogen-bond acceptors (Lipinski definition) is 0. The molecule has 4 aliphatic rings. The van der Waals surface area contributed by atoms with Crippen molar-refractivity contribution in [2.45, 2.75) is 65.2 Å². The summed E-state index contributed by atoms with van der Waals surface area (Å²) in [7, 11) is 0. The van der Waals surface area contributed by atoms with Gasteiger partial charge in [0.1, 0.15) is 0 Å². The molecule has 0 aromatic heterocycles. The Labute approximate surface area is 136 Å². The van der Waals surface area contributed by atoms with Gasteiger partial charge in [-0.05, 0) is 86.2 Å². The Bertz CT molecular complexity index is 517. The van der Waals surface area contributed by atoms with Crippen LogP contribution in [0.4, 0.5) is 0 Å². The minimum Gasteiger partial charge on any atom is -0.0771 e. The first-order valence-corrected chi connectivity index (χ1v) is 9.51. The fourth-order valence-corrected chi connectivity index (χ4v) is 5.10. The van der Waals surface area contributed by atoms with E-state index < -0.39 is 0 Å². The van der Waals surface area contributed by atoms with Crippen LogP contribution in [0.15, 0.2) is 46.6 Å². The van der Waals surface area contributed by atoms with E-state index in [1.54, 1.807) is 22.3 Å². The lowest BCUT2D eigenvalue weighted by molar-refractivity contribution is 0.446. The maximum atomic E-state index is 2.51. The number of allylic oxidation sites excluding steroid dienone is 8. The van der Waals surface area contributed by atoms with Gasteiger partial charge in [0.25, 0.3) is 0 Å². The highest BCUT2D eigenvalue weighted by molar-refractivity contribution is 5.40. The summed E-state index contributed by atoms with van der Waals surface area (Å²) in [6.07, 6.45) is 20.8. The first-order chi connectivity index (χ1) is 10.7. The highest BCUT2D eigenvalue weighted by Gasteiger charge is 2.29. The van der Waals surface area contributed by atoms with Gasteiger partial charge in [-0.2, -0.15) is 0 Å². The van der Waals surface area contributed by atoms with E-state index in [1.807, 2.05) is 0 Å². The van der Waals surface area contributed by atoms with Crippen LogP contribution in [0.2, 0.25) is 0 Å². The standard InChI is InChI=1S/C22H30/c1-15-3-5-17-7-9-19(21(17)13-15)11-12-20-10-8-18-6-4-16(2)14-22(18)20/h7-10,15-16,19-20H,3-6,11-14H2,1-2H3. The van der Waals surface area contributed by atoms with Crippen LogP contribution in [0.5, 0.6) is 0 Å². The summed E-state index contributed by atoms with van der Waals surface area (Å²) in [5.41, 5.74) is 6.98. The largest absolute Gasteiger partial charge is 0.0771 e. The molecule has 0 aromatic carbocycles. The smallest absolute Gasteiger partial charge is 0.00138 e. The van der Waals surface area contributed by atoms with Gasteiger partial charge < -0.3 is 0 Å². The van der Waals surface area contributed by atoms with E-state index in [1.165, 1.54) is 51.4 Å². The Morgan fingerprint density at radius 3 is 1.68 bits per heavy atom. The molecule has 4 rings (SSSR count). The van der Waals surface area contributed by atoms with E-state index in [0.717, 1.165) is 23.7 Å². The van der Waals surface area contributed by atoms with Crippen molar-refractivity contribution in [1.29, 1.82) is 0 Å². The lowest BCUT2D eigenvalue weighted by atomic mass is 9.78. The van der Waals surface area contributed by atoms with Crippen molar-refractivity contribution in [2.75, 3.05) is 0 Å². The maximum Gasteiger partial charge on any atom is -0.00138 e. The molecule has 0 radical (unpaired) electrons. The fourth-order valence-electron chi connectivity index (χ4n) is 5.10. The molecule has 0 saturated heterocycles. The predicted octanol–water partition coefficient (Wildman–Crippen LogP) is 6.37. The van der Waals surface area contributed by atoms with Crippen LogP contribution in [0.25, 0.3) is 0 Å². The van der Waals surface area contributed by atoms with Crippen molar-refractivity contribution in [1.82, 2.24) is 0 Å². The number of rotatable bonds is 3. The molecular weight excluding hydrogens is 264 g/mol. The Kier molecular flexibility index (Phi) is 3.88. The summed E-state index contributed by atoms with van der Waals surface area (Å²) in [6.45, 7) is 4.86. The molecule has 0 amide bonds. The summed E-state index contributed by atoms with van der Waals surface area (Å²) >= 11 is 0. The Balaban J connectivity index is 1.40. The molecule has 0 spiro atoms. The molecule has 118 valence electrons.